The molecule has 1 aliphatic carbocycles. The molecule has 0 saturated heterocycles. The van der Waals surface area contributed by atoms with E-state index in [0.717, 1.165) is 29.8 Å². The van der Waals surface area contributed by atoms with Crippen LogP contribution in [0.5, 0.6) is 5.75 Å². The molecule has 1 aromatic heterocycles. The lowest BCUT2D eigenvalue weighted by Gasteiger charge is -2.11. The van der Waals surface area contributed by atoms with Gasteiger partial charge in [0.15, 0.2) is 0 Å². The van der Waals surface area contributed by atoms with Crippen LogP contribution in [0.4, 0.5) is 5.88 Å². The van der Waals surface area contributed by atoms with Crippen molar-refractivity contribution in [2.45, 2.75) is 19.3 Å². The Bertz CT molecular complexity index is 561. The maximum atomic E-state index is 5.58. The number of hydrogen-bond donors (Lipinski definition) is 1. The van der Waals surface area contributed by atoms with Crippen molar-refractivity contribution in [1.29, 1.82) is 0 Å². The average Bonchev–Trinajstić information content (AvgIpc) is 2.95. The zero-order chi connectivity index (χ0) is 11.8. The summed E-state index contributed by atoms with van der Waals surface area (Å²) in [4.78, 5) is 0. The molecule has 0 aliphatic heterocycles. The van der Waals surface area contributed by atoms with E-state index in [9.17, 15) is 0 Å². The molecule has 1 aliphatic rings. The largest absolute Gasteiger partial charge is 0.496 e. The molecule has 2 N–H and O–H groups in total. The summed E-state index contributed by atoms with van der Waals surface area (Å²) in [5.41, 5.74) is 10.1. The van der Waals surface area contributed by atoms with Gasteiger partial charge in [-0.15, -0.1) is 0 Å². The van der Waals surface area contributed by atoms with Gasteiger partial charge in [0.2, 0.25) is 5.88 Å². The summed E-state index contributed by atoms with van der Waals surface area (Å²) in [7, 11) is 1.67. The first kappa shape index (κ1) is 10.2. The molecule has 4 nitrogen and oxygen atoms in total. The van der Waals surface area contributed by atoms with Crippen LogP contribution >= 0.6 is 0 Å². The standard InChI is InChI=1S/C13H14N2O2/c1-16-11-6-5-8-3-2-4-9(8)13(11)10-7-12(14)17-15-10/h5-7H,2-4,14H2,1H3. The lowest BCUT2D eigenvalue weighted by molar-refractivity contribution is 0.413. The Kier molecular flexibility index (Phi) is 2.28. The van der Waals surface area contributed by atoms with Crippen LogP contribution in [-0.2, 0) is 12.8 Å². The fraction of sp³-hybridized carbons (Fsp3) is 0.308. The molecule has 17 heavy (non-hydrogen) atoms. The first-order valence-electron chi connectivity index (χ1n) is 5.71. The highest BCUT2D eigenvalue weighted by Crippen LogP contribution is 2.39. The normalized spacial score (nSPS) is 13.7. The van der Waals surface area contributed by atoms with Crippen molar-refractivity contribution < 1.29 is 9.26 Å². The molecular formula is C13H14N2O2. The highest BCUT2D eigenvalue weighted by molar-refractivity contribution is 5.74. The first-order chi connectivity index (χ1) is 8.29. The van der Waals surface area contributed by atoms with Gasteiger partial charge in [0.1, 0.15) is 11.4 Å². The molecule has 4 heteroatoms. The summed E-state index contributed by atoms with van der Waals surface area (Å²) in [6, 6.07) is 5.87. The maximum absolute atomic E-state index is 5.58. The van der Waals surface area contributed by atoms with E-state index < -0.39 is 0 Å². The van der Waals surface area contributed by atoms with E-state index in [4.69, 9.17) is 15.0 Å². The summed E-state index contributed by atoms with van der Waals surface area (Å²) in [6.07, 6.45) is 3.37. The minimum atomic E-state index is 0.331. The number of ether oxygens (including phenoxy) is 1. The van der Waals surface area contributed by atoms with E-state index in [1.165, 1.54) is 17.5 Å². The monoisotopic (exact) mass is 230 g/mol. The fourth-order valence-corrected chi connectivity index (χ4v) is 2.50. The molecule has 2 aromatic rings. The molecule has 0 spiro atoms. The number of methoxy groups -OCH3 is 1. The van der Waals surface area contributed by atoms with E-state index in [2.05, 4.69) is 11.2 Å². The number of nitrogens with zero attached hydrogens (tertiary/aromatic N) is 1. The third-order valence-corrected chi connectivity index (χ3v) is 3.25. The van der Waals surface area contributed by atoms with Gasteiger partial charge in [-0.05, 0) is 36.5 Å². The number of aromatic nitrogens is 1. The van der Waals surface area contributed by atoms with Gasteiger partial charge in [0, 0.05) is 11.6 Å². The van der Waals surface area contributed by atoms with Gasteiger partial charge in [0.25, 0.3) is 0 Å². The number of rotatable bonds is 2. The van der Waals surface area contributed by atoms with Crippen molar-refractivity contribution in [3.63, 3.8) is 0 Å². The molecule has 1 heterocycles. The van der Waals surface area contributed by atoms with Gasteiger partial charge in [-0.3, -0.25) is 0 Å². The first-order valence-corrected chi connectivity index (χ1v) is 5.71. The van der Waals surface area contributed by atoms with Gasteiger partial charge in [-0.2, -0.15) is 0 Å². The molecule has 0 fully saturated rings. The lowest BCUT2D eigenvalue weighted by Crippen LogP contribution is -1.94. The Hall–Kier alpha value is -1.97. The molecular weight excluding hydrogens is 216 g/mol. The molecule has 0 atom stereocenters. The molecule has 0 amide bonds. The molecule has 88 valence electrons. The lowest BCUT2D eigenvalue weighted by atomic mass is 9.99. The second-order valence-electron chi connectivity index (χ2n) is 4.25. The quantitative estimate of drug-likeness (QED) is 0.860. The third kappa shape index (κ3) is 1.56. The predicted octanol–water partition coefficient (Wildman–Crippen LogP) is 2.42. The van der Waals surface area contributed by atoms with Crippen LogP contribution in [0.3, 0.4) is 0 Å². The second-order valence-corrected chi connectivity index (χ2v) is 4.25. The van der Waals surface area contributed by atoms with Gasteiger partial charge in [-0.25, -0.2) is 0 Å². The van der Waals surface area contributed by atoms with Gasteiger partial charge < -0.3 is 15.0 Å². The van der Waals surface area contributed by atoms with E-state index in [1.807, 2.05) is 6.07 Å². The summed E-state index contributed by atoms with van der Waals surface area (Å²) >= 11 is 0. The molecule has 1 aromatic carbocycles. The van der Waals surface area contributed by atoms with E-state index in [-0.39, 0.29) is 0 Å². The van der Waals surface area contributed by atoms with Crippen molar-refractivity contribution in [2.75, 3.05) is 12.8 Å². The van der Waals surface area contributed by atoms with Crippen molar-refractivity contribution in [3.8, 4) is 17.0 Å². The van der Waals surface area contributed by atoms with E-state index >= 15 is 0 Å². The van der Waals surface area contributed by atoms with Crippen LogP contribution in [0.25, 0.3) is 11.3 Å². The highest BCUT2D eigenvalue weighted by atomic mass is 16.5. The van der Waals surface area contributed by atoms with E-state index in [1.54, 1.807) is 13.2 Å². The molecule has 0 radical (unpaired) electrons. The van der Waals surface area contributed by atoms with Crippen LogP contribution in [0.1, 0.15) is 17.5 Å². The Balaban J connectivity index is 2.23. The van der Waals surface area contributed by atoms with Crippen LogP contribution in [0.15, 0.2) is 22.7 Å². The van der Waals surface area contributed by atoms with Crippen molar-refractivity contribution in [1.82, 2.24) is 5.16 Å². The Morgan fingerprint density at radius 1 is 1.35 bits per heavy atom. The van der Waals surface area contributed by atoms with Crippen LogP contribution in [-0.4, -0.2) is 12.3 Å². The zero-order valence-electron chi connectivity index (χ0n) is 9.69. The minimum Gasteiger partial charge on any atom is -0.496 e. The molecule has 0 bridgehead atoms. The number of nitrogen functional groups attached to an aromatic ring is 1. The fourth-order valence-electron chi connectivity index (χ4n) is 2.50. The molecule has 0 unspecified atom stereocenters. The summed E-state index contributed by atoms with van der Waals surface area (Å²) in [5, 5.41) is 3.99. The van der Waals surface area contributed by atoms with Crippen molar-refractivity contribution in [3.05, 3.63) is 29.3 Å². The summed E-state index contributed by atoms with van der Waals surface area (Å²) in [5.74, 6) is 1.16. The Morgan fingerprint density at radius 2 is 2.24 bits per heavy atom. The highest BCUT2D eigenvalue weighted by Gasteiger charge is 2.21. The van der Waals surface area contributed by atoms with Gasteiger partial charge >= 0.3 is 0 Å². The predicted molar refractivity (Wildman–Crippen MR) is 64.9 cm³/mol. The molecule has 3 rings (SSSR count). The van der Waals surface area contributed by atoms with E-state index in [0.29, 0.717) is 5.88 Å². The van der Waals surface area contributed by atoms with Crippen LogP contribution in [0, 0.1) is 0 Å². The average molecular weight is 230 g/mol. The van der Waals surface area contributed by atoms with Gasteiger partial charge in [0.05, 0.1) is 7.11 Å². The summed E-state index contributed by atoms with van der Waals surface area (Å²) < 4.78 is 10.4. The number of benzene rings is 1. The SMILES string of the molecule is COc1ccc2c(c1-c1cc(N)on1)CCC2. The minimum absolute atomic E-state index is 0.331. The van der Waals surface area contributed by atoms with Crippen molar-refractivity contribution in [2.24, 2.45) is 0 Å². The Labute approximate surface area is 99.4 Å². The zero-order valence-corrected chi connectivity index (χ0v) is 9.69. The topological polar surface area (TPSA) is 61.3 Å². The number of aryl methyl sites for hydroxylation is 1. The maximum Gasteiger partial charge on any atom is 0.222 e. The van der Waals surface area contributed by atoms with Crippen molar-refractivity contribution >= 4 is 5.88 Å². The Morgan fingerprint density at radius 3 is 2.94 bits per heavy atom. The number of hydrogen-bond acceptors (Lipinski definition) is 4. The smallest absolute Gasteiger partial charge is 0.222 e. The third-order valence-electron chi connectivity index (χ3n) is 3.25. The molecule has 0 saturated carbocycles. The van der Waals surface area contributed by atoms with Gasteiger partial charge in [-0.1, -0.05) is 11.2 Å². The van der Waals surface area contributed by atoms with Crippen LogP contribution < -0.4 is 10.5 Å². The van der Waals surface area contributed by atoms with Crippen LogP contribution in [0.2, 0.25) is 0 Å². The number of nitrogens with two attached hydrogens (primary N) is 1. The second kappa shape index (κ2) is 3.80. The summed E-state index contributed by atoms with van der Waals surface area (Å²) in [6.45, 7) is 0. The number of fused-ring (bicyclic) bond motifs is 1. The number of anilines is 1.